The largest absolute Gasteiger partial charge is 0.465 e. The van der Waals surface area contributed by atoms with Gasteiger partial charge in [0.15, 0.2) is 0 Å². The molecule has 0 radical (unpaired) electrons. The van der Waals surface area contributed by atoms with Crippen molar-refractivity contribution >= 4 is 29.3 Å². The number of rotatable bonds is 6. The molecule has 3 unspecified atom stereocenters. The first-order chi connectivity index (χ1) is 18.7. The molecular weight excluding hydrogens is 524 g/mol. The third-order valence-corrected chi connectivity index (χ3v) is 7.93. The molecule has 10 nitrogen and oxygen atoms in total. The molecule has 2 fully saturated rings. The molecule has 0 bridgehead atoms. The number of likely N-dealkylation sites (tertiary alicyclic amines) is 2. The maximum Gasteiger partial charge on any atom is 0.407 e. The van der Waals surface area contributed by atoms with Crippen molar-refractivity contribution in [1.29, 1.82) is 0 Å². The normalized spacial score (nSPS) is 19.4. The van der Waals surface area contributed by atoms with Crippen molar-refractivity contribution in [3.63, 3.8) is 0 Å². The lowest BCUT2D eigenvalue weighted by Gasteiger charge is -2.32. The van der Waals surface area contributed by atoms with Gasteiger partial charge in [0.25, 0.3) is 11.2 Å². The monoisotopic (exact) mass is 550 g/mol. The molecule has 0 aliphatic carbocycles. The predicted octanol–water partition coefficient (Wildman–Crippen LogP) is 4.32. The van der Waals surface area contributed by atoms with E-state index >= 15 is 0 Å². The number of fused-ring (bicyclic) bond motifs is 1. The quantitative estimate of drug-likeness (QED) is 0.360. The molecule has 0 spiro atoms. The third kappa shape index (κ3) is 5.51. The molecule has 3 atom stereocenters. The molecule has 1 aromatic heterocycles. The molecule has 3 heterocycles. The second-order valence-corrected chi connectivity index (χ2v) is 10.5. The Morgan fingerprint density at radius 2 is 1.74 bits per heavy atom. The van der Waals surface area contributed by atoms with E-state index in [1.807, 2.05) is 30.3 Å². The zero-order valence-corrected chi connectivity index (χ0v) is 21.7. The summed E-state index contributed by atoms with van der Waals surface area (Å²) in [6.07, 6.45) is 1.52. The van der Waals surface area contributed by atoms with Gasteiger partial charge in [0.05, 0.1) is 10.5 Å². The van der Waals surface area contributed by atoms with Crippen molar-refractivity contribution in [2.24, 2.45) is 11.8 Å². The van der Waals surface area contributed by atoms with Crippen LogP contribution in [0.25, 0.3) is 11.1 Å². The minimum absolute atomic E-state index is 0.0543. The van der Waals surface area contributed by atoms with Crippen LogP contribution in [0.15, 0.2) is 71.7 Å². The van der Waals surface area contributed by atoms with Gasteiger partial charge in [0.2, 0.25) is 5.91 Å². The average Bonchev–Trinajstić information content (AvgIpc) is 3.35. The Kier molecular flexibility index (Phi) is 7.38. The number of piperidine rings is 1. The van der Waals surface area contributed by atoms with Gasteiger partial charge in [-0.15, -0.1) is 0 Å². The van der Waals surface area contributed by atoms with Crippen LogP contribution in [-0.4, -0.2) is 62.6 Å². The van der Waals surface area contributed by atoms with Crippen LogP contribution in [0.2, 0.25) is 5.02 Å². The Balaban J connectivity index is 1.47. The molecule has 2 aliphatic rings. The molecule has 11 heteroatoms. The lowest BCUT2D eigenvalue weighted by molar-refractivity contribution is -0.384. The van der Waals surface area contributed by atoms with E-state index < -0.39 is 22.6 Å². The molecule has 202 valence electrons. The van der Waals surface area contributed by atoms with Gasteiger partial charge < -0.3 is 19.5 Å². The second-order valence-electron chi connectivity index (χ2n) is 10.1. The number of hydrogen-bond acceptors (Lipinski definition) is 5. The van der Waals surface area contributed by atoms with Gasteiger partial charge >= 0.3 is 6.09 Å². The van der Waals surface area contributed by atoms with Crippen molar-refractivity contribution in [1.82, 2.24) is 14.4 Å². The lowest BCUT2D eigenvalue weighted by Crippen LogP contribution is -2.42. The van der Waals surface area contributed by atoms with E-state index in [9.17, 15) is 29.6 Å². The molecule has 3 aromatic rings. The summed E-state index contributed by atoms with van der Waals surface area (Å²) < 4.78 is 1.38. The highest BCUT2D eigenvalue weighted by molar-refractivity contribution is 6.31. The second kappa shape index (κ2) is 10.9. The van der Waals surface area contributed by atoms with Crippen LogP contribution >= 0.6 is 11.6 Å². The number of halogens is 1. The van der Waals surface area contributed by atoms with Gasteiger partial charge in [-0.1, -0.05) is 41.9 Å². The standard InChI is InChI=1S/C28H27ClN4O6/c29-22-6-7-24(33(38)39)23(14-22)19-9-11-32(26(34)13-19)25(12-18-4-2-1-3-5-18)27(35)31-15-20-8-10-30(28(36)37)16-21(20)17-31/h1-7,9,11,13-14,20-21,25H,8,10,12,15-17H2,(H,36,37). The Morgan fingerprint density at radius 3 is 2.44 bits per heavy atom. The minimum Gasteiger partial charge on any atom is -0.465 e. The van der Waals surface area contributed by atoms with E-state index in [2.05, 4.69) is 0 Å². The number of benzene rings is 2. The van der Waals surface area contributed by atoms with Crippen LogP contribution in [0.5, 0.6) is 0 Å². The molecule has 1 N–H and O–H groups in total. The van der Waals surface area contributed by atoms with Crippen molar-refractivity contribution < 1.29 is 19.6 Å². The maximum atomic E-state index is 13.9. The highest BCUT2D eigenvalue weighted by Gasteiger charge is 2.41. The van der Waals surface area contributed by atoms with Gasteiger partial charge in [0, 0.05) is 56.0 Å². The van der Waals surface area contributed by atoms with E-state index in [0.29, 0.717) is 43.2 Å². The number of nitro benzene ring substituents is 1. The fraction of sp³-hybridized carbons (Fsp3) is 0.321. The fourth-order valence-corrected chi connectivity index (χ4v) is 5.86. The summed E-state index contributed by atoms with van der Waals surface area (Å²) in [5.41, 5.74) is 0.783. The number of carbonyl (C=O) groups excluding carboxylic acids is 1. The van der Waals surface area contributed by atoms with Gasteiger partial charge in [-0.2, -0.15) is 0 Å². The van der Waals surface area contributed by atoms with Crippen LogP contribution in [-0.2, 0) is 11.2 Å². The maximum absolute atomic E-state index is 13.9. The van der Waals surface area contributed by atoms with Crippen molar-refractivity contribution in [2.75, 3.05) is 26.2 Å². The molecule has 2 aromatic carbocycles. The van der Waals surface area contributed by atoms with Crippen LogP contribution < -0.4 is 5.56 Å². The Morgan fingerprint density at radius 1 is 1.03 bits per heavy atom. The summed E-state index contributed by atoms with van der Waals surface area (Å²) in [4.78, 5) is 53.0. The van der Waals surface area contributed by atoms with Crippen molar-refractivity contribution in [3.05, 3.63) is 97.9 Å². The number of hydrogen-bond donors (Lipinski definition) is 1. The SMILES string of the molecule is O=C(O)N1CCC2CN(C(=O)C(Cc3ccccc3)n3ccc(-c4cc(Cl)ccc4[N+](=O)[O-])cc3=O)CC2C1. The fourth-order valence-electron chi connectivity index (χ4n) is 5.69. The highest BCUT2D eigenvalue weighted by atomic mass is 35.5. The van der Waals surface area contributed by atoms with Crippen LogP contribution in [0.3, 0.4) is 0 Å². The zero-order chi connectivity index (χ0) is 27.7. The molecule has 39 heavy (non-hydrogen) atoms. The highest BCUT2D eigenvalue weighted by Crippen LogP contribution is 2.34. The number of pyridine rings is 1. The van der Waals surface area contributed by atoms with Crippen LogP contribution in [0, 0.1) is 22.0 Å². The minimum atomic E-state index is -0.952. The summed E-state index contributed by atoms with van der Waals surface area (Å²) in [5, 5.41) is 21.3. The Bertz CT molecular complexity index is 1480. The lowest BCUT2D eigenvalue weighted by atomic mass is 9.89. The molecule has 2 amide bonds. The number of nitro groups is 1. The Hall–Kier alpha value is -4.18. The molecule has 2 saturated heterocycles. The molecule has 5 rings (SSSR count). The van der Waals surface area contributed by atoms with Gasteiger partial charge in [-0.3, -0.25) is 19.7 Å². The number of carbonyl (C=O) groups is 2. The first-order valence-corrected chi connectivity index (χ1v) is 13.1. The number of amides is 2. The van der Waals surface area contributed by atoms with E-state index in [0.717, 1.165) is 5.56 Å². The first kappa shape index (κ1) is 26.4. The van der Waals surface area contributed by atoms with Gasteiger partial charge in [-0.25, -0.2) is 4.79 Å². The number of nitrogens with zero attached hydrogens (tertiary/aromatic N) is 4. The van der Waals surface area contributed by atoms with Crippen LogP contribution in [0.1, 0.15) is 18.0 Å². The summed E-state index contributed by atoms with van der Waals surface area (Å²) in [5.74, 6) is 0.0572. The molecular formula is C28H27ClN4O6. The van der Waals surface area contributed by atoms with Gasteiger partial charge in [0.1, 0.15) is 6.04 Å². The first-order valence-electron chi connectivity index (χ1n) is 12.7. The summed E-state index contributed by atoms with van der Waals surface area (Å²) in [6, 6.07) is 15.6. The molecule has 0 saturated carbocycles. The Labute approximate surface area is 229 Å². The topological polar surface area (TPSA) is 126 Å². The van der Waals surface area contributed by atoms with E-state index in [4.69, 9.17) is 11.6 Å². The summed E-state index contributed by atoms with van der Waals surface area (Å²) in [7, 11) is 0. The van der Waals surface area contributed by atoms with Crippen molar-refractivity contribution in [3.8, 4) is 11.1 Å². The van der Waals surface area contributed by atoms with E-state index in [1.54, 1.807) is 11.0 Å². The number of carboxylic acid groups (broad SMARTS) is 1. The van der Waals surface area contributed by atoms with E-state index in [-0.39, 0.29) is 35.4 Å². The third-order valence-electron chi connectivity index (χ3n) is 7.69. The predicted molar refractivity (Wildman–Crippen MR) is 145 cm³/mol. The zero-order valence-electron chi connectivity index (χ0n) is 21.0. The summed E-state index contributed by atoms with van der Waals surface area (Å²) >= 11 is 6.08. The van der Waals surface area contributed by atoms with E-state index in [1.165, 1.54) is 39.9 Å². The van der Waals surface area contributed by atoms with Crippen molar-refractivity contribution in [2.45, 2.75) is 18.9 Å². The number of aromatic nitrogens is 1. The average molecular weight is 551 g/mol. The molecule has 2 aliphatic heterocycles. The van der Waals surface area contributed by atoms with Gasteiger partial charge in [-0.05, 0) is 47.6 Å². The summed E-state index contributed by atoms with van der Waals surface area (Å²) in [6.45, 7) is 1.78. The van der Waals surface area contributed by atoms with Crippen LogP contribution in [0.4, 0.5) is 10.5 Å². The smallest absolute Gasteiger partial charge is 0.407 e.